The molecule has 1 aromatic heterocycles. The van der Waals surface area contributed by atoms with Crippen LogP contribution in [0, 0.1) is 13.8 Å². The lowest BCUT2D eigenvalue weighted by Gasteiger charge is -2.28. The van der Waals surface area contributed by atoms with Gasteiger partial charge in [0.05, 0.1) is 25.5 Å². The Balaban J connectivity index is 1.50. The summed E-state index contributed by atoms with van der Waals surface area (Å²) in [7, 11) is 0. The summed E-state index contributed by atoms with van der Waals surface area (Å²) in [6.07, 6.45) is 0. The van der Waals surface area contributed by atoms with Crippen LogP contribution in [0.1, 0.15) is 11.1 Å². The standard InChI is InChI=1S/C22H26N4O2S/c1-17-7-9-19(10-8-17)26-21(25-11-13-27-14-12-25)23-24-22(26)29-16-15-28-20-6-4-3-5-18(20)2/h3-10H,11-16H2,1-2H3. The SMILES string of the molecule is Cc1ccc(-n2c(SCCOc3ccccc3C)nnc2N2CCOCC2)cc1. The van der Waals surface area contributed by atoms with Crippen LogP contribution in [0.3, 0.4) is 0 Å². The minimum absolute atomic E-state index is 0.614. The summed E-state index contributed by atoms with van der Waals surface area (Å²) >= 11 is 1.66. The maximum atomic E-state index is 5.94. The Labute approximate surface area is 175 Å². The van der Waals surface area contributed by atoms with E-state index < -0.39 is 0 Å². The zero-order valence-electron chi connectivity index (χ0n) is 16.9. The van der Waals surface area contributed by atoms with Gasteiger partial charge < -0.3 is 14.4 Å². The number of anilines is 1. The van der Waals surface area contributed by atoms with Crippen LogP contribution < -0.4 is 9.64 Å². The molecule has 3 aromatic rings. The van der Waals surface area contributed by atoms with E-state index in [-0.39, 0.29) is 0 Å². The third-order valence-electron chi connectivity index (χ3n) is 4.87. The molecule has 1 saturated heterocycles. The molecule has 0 unspecified atom stereocenters. The molecule has 1 aliphatic heterocycles. The summed E-state index contributed by atoms with van der Waals surface area (Å²) in [5.74, 6) is 2.60. The zero-order valence-corrected chi connectivity index (χ0v) is 17.7. The van der Waals surface area contributed by atoms with Crippen molar-refractivity contribution in [1.82, 2.24) is 14.8 Å². The molecular weight excluding hydrogens is 384 g/mol. The molecule has 6 nitrogen and oxygen atoms in total. The number of hydrogen-bond donors (Lipinski definition) is 0. The minimum atomic E-state index is 0.614. The molecule has 0 N–H and O–H groups in total. The maximum Gasteiger partial charge on any atom is 0.232 e. The van der Waals surface area contributed by atoms with Gasteiger partial charge in [0.1, 0.15) is 5.75 Å². The van der Waals surface area contributed by atoms with E-state index in [0.29, 0.717) is 19.8 Å². The van der Waals surface area contributed by atoms with Crippen molar-refractivity contribution in [2.24, 2.45) is 0 Å². The summed E-state index contributed by atoms with van der Waals surface area (Å²) in [6, 6.07) is 16.6. The van der Waals surface area contributed by atoms with Crippen molar-refractivity contribution in [2.45, 2.75) is 19.0 Å². The Morgan fingerprint density at radius 2 is 1.76 bits per heavy atom. The largest absolute Gasteiger partial charge is 0.492 e. The molecule has 1 fully saturated rings. The molecule has 0 aliphatic carbocycles. The first-order chi connectivity index (χ1) is 14.2. The molecule has 4 rings (SSSR count). The molecule has 0 saturated carbocycles. The first kappa shape index (κ1) is 19.8. The lowest BCUT2D eigenvalue weighted by molar-refractivity contribution is 0.122. The Morgan fingerprint density at radius 3 is 2.52 bits per heavy atom. The van der Waals surface area contributed by atoms with Gasteiger partial charge in [0, 0.05) is 18.8 Å². The van der Waals surface area contributed by atoms with Crippen molar-refractivity contribution in [3.8, 4) is 11.4 Å². The van der Waals surface area contributed by atoms with E-state index in [1.54, 1.807) is 11.8 Å². The van der Waals surface area contributed by atoms with Crippen LogP contribution in [0.25, 0.3) is 5.69 Å². The van der Waals surface area contributed by atoms with Crippen molar-refractivity contribution in [3.05, 3.63) is 59.7 Å². The number of aryl methyl sites for hydroxylation is 2. The molecule has 2 heterocycles. The number of morpholine rings is 1. The fraction of sp³-hybridized carbons (Fsp3) is 0.364. The molecule has 1 aliphatic rings. The fourth-order valence-electron chi connectivity index (χ4n) is 3.25. The normalized spacial score (nSPS) is 14.2. The van der Waals surface area contributed by atoms with E-state index in [1.807, 2.05) is 18.2 Å². The van der Waals surface area contributed by atoms with E-state index >= 15 is 0 Å². The van der Waals surface area contributed by atoms with Gasteiger partial charge in [0.25, 0.3) is 0 Å². The molecule has 0 radical (unpaired) electrons. The maximum absolute atomic E-state index is 5.94. The van der Waals surface area contributed by atoms with Crippen molar-refractivity contribution in [1.29, 1.82) is 0 Å². The van der Waals surface area contributed by atoms with Gasteiger partial charge in [-0.05, 0) is 37.6 Å². The van der Waals surface area contributed by atoms with E-state index in [0.717, 1.165) is 46.9 Å². The highest BCUT2D eigenvalue weighted by Crippen LogP contribution is 2.27. The number of ether oxygens (including phenoxy) is 2. The number of rotatable bonds is 7. The number of para-hydroxylation sites is 1. The van der Waals surface area contributed by atoms with Gasteiger partial charge in [0.2, 0.25) is 5.95 Å². The van der Waals surface area contributed by atoms with Gasteiger partial charge in [-0.15, -0.1) is 10.2 Å². The second-order valence-corrected chi connectivity index (χ2v) is 8.08. The Hall–Kier alpha value is -2.51. The van der Waals surface area contributed by atoms with Crippen molar-refractivity contribution >= 4 is 17.7 Å². The summed E-state index contributed by atoms with van der Waals surface area (Å²) in [6.45, 7) is 7.85. The fourth-order valence-corrected chi connectivity index (χ4v) is 4.01. The highest BCUT2D eigenvalue weighted by Gasteiger charge is 2.21. The molecular formula is C22H26N4O2S. The Morgan fingerprint density at radius 1 is 1.00 bits per heavy atom. The van der Waals surface area contributed by atoms with Gasteiger partial charge in [-0.25, -0.2) is 0 Å². The van der Waals surface area contributed by atoms with Crippen LogP contribution in [-0.2, 0) is 4.74 Å². The number of hydrogen-bond acceptors (Lipinski definition) is 6. The first-order valence-electron chi connectivity index (χ1n) is 9.89. The van der Waals surface area contributed by atoms with Crippen LogP contribution in [0.15, 0.2) is 53.7 Å². The average Bonchev–Trinajstić information content (AvgIpc) is 3.17. The van der Waals surface area contributed by atoms with Crippen molar-refractivity contribution in [3.63, 3.8) is 0 Å². The third kappa shape index (κ3) is 4.74. The predicted molar refractivity (Wildman–Crippen MR) is 117 cm³/mol. The summed E-state index contributed by atoms with van der Waals surface area (Å²) in [5.41, 5.74) is 3.45. The highest BCUT2D eigenvalue weighted by atomic mass is 32.2. The van der Waals surface area contributed by atoms with E-state index in [2.05, 4.69) is 63.8 Å². The van der Waals surface area contributed by atoms with Gasteiger partial charge in [0.15, 0.2) is 5.16 Å². The molecule has 2 aromatic carbocycles. The van der Waals surface area contributed by atoms with Gasteiger partial charge in [-0.3, -0.25) is 4.57 Å². The molecule has 0 bridgehead atoms. The second kappa shape index (κ2) is 9.33. The van der Waals surface area contributed by atoms with E-state index in [4.69, 9.17) is 9.47 Å². The lowest BCUT2D eigenvalue weighted by Crippen LogP contribution is -2.37. The van der Waals surface area contributed by atoms with E-state index in [9.17, 15) is 0 Å². The molecule has 29 heavy (non-hydrogen) atoms. The number of thioether (sulfide) groups is 1. The zero-order chi connectivity index (χ0) is 20.1. The predicted octanol–water partition coefficient (Wildman–Crippen LogP) is 3.89. The van der Waals surface area contributed by atoms with E-state index in [1.165, 1.54) is 5.56 Å². The van der Waals surface area contributed by atoms with Crippen LogP contribution >= 0.6 is 11.8 Å². The Kier molecular flexibility index (Phi) is 6.36. The summed E-state index contributed by atoms with van der Waals surface area (Å²) in [5, 5.41) is 9.88. The second-order valence-electron chi connectivity index (χ2n) is 7.02. The smallest absolute Gasteiger partial charge is 0.232 e. The third-order valence-corrected chi connectivity index (χ3v) is 5.76. The summed E-state index contributed by atoms with van der Waals surface area (Å²) in [4.78, 5) is 2.24. The molecule has 152 valence electrons. The minimum Gasteiger partial charge on any atom is -0.492 e. The van der Waals surface area contributed by atoms with Crippen molar-refractivity contribution < 1.29 is 9.47 Å². The number of aromatic nitrogens is 3. The highest BCUT2D eigenvalue weighted by molar-refractivity contribution is 7.99. The summed E-state index contributed by atoms with van der Waals surface area (Å²) < 4.78 is 13.6. The Bertz CT molecular complexity index is 936. The molecule has 0 spiro atoms. The monoisotopic (exact) mass is 410 g/mol. The molecule has 7 heteroatoms. The first-order valence-corrected chi connectivity index (χ1v) is 10.9. The van der Waals surface area contributed by atoms with Crippen LogP contribution in [-0.4, -0.2) is 53.4 Å². The topological polar surface area (TPSA) is 52.4 Å². The number of nitrogens with zero attached hydrogens (tertiary/aromatic N) is 4. The molecule has 0 amide bonds. The number of benzene rings is 2. The van der Waals surface area contributed by atoms with Crippen molar-refractivity contribution in [2.75, 3.05) is 43.6 Å². The van der Waals surface area contributed by atoms with Crippen LogP contribution in [0.2, 0.25) is 0 Å². The lowest BCUT2D eigenvalue weighted by atomic mass is 10.2. The molecule has 0 atom stereocenters. The van der Waals surface area contributed by atoms with Gasteiger partial charge >= 0.3 is 0 Å². The van der Waals surface area contributed by atoms with Crippen LogP contribution in [0.5, 0.6) is 5.75 Å². The average molecular weight is 411 g/mol. The van der Waals surface area contributed by atoms with Crippen LogP contribution in [0.4, 0.5) is 5.95 Å². The van der Waals surface area contributed by atoms with Gasteiger partial charge in [-0.1, -0.05) is 47.7 Å². The quantitative estimate of drug-likeness (QED) is 0.435. The van der Waals surface area contributed by atoms with Gasteiger partial charge in [-0.2, -0.15) is 0 Å².